The first kappa shape index (κ1) is 12.8. The van der Waals surface area contributed by atoms with Crippen LogP contribution in [0.2, 0.25) is 5.02 Å². The van der Waals surface area contributed by atoms with E-state index in [1.165, 1.54) is 0 Å². The van der Waals surface area contributed by atoms with Crippen molar-refractivity contribution in [2.75, 3.05) is 0 Å². The molecule has 2 aromatic carbocycles. The summed E-state index contributed by atoms with van der Waals surface area (Å²) in [5.41, 5.74) is 7.86. The first-order valence-electron chi connectivity index (χ1n) is 6.16. The van der Waals surface area contributed by atoms with Gasteiger partial charge in [0.05, 0.1) is 10.9 Å². The van der Waals surface area contributed by atoms with Crippen LogP contribution in [0, 0.1) is 0 Å². The average Bonchev–Trinajstić information content (AvgIpc) is 2.48. The topological polar surface area (TPSA) is 71.8 Å². The quantitative estimate of drug-likeness (QED) is 0.760. The molecule has 3 rings (SSSR count). The van der Waals surface area contributed by atoms with E-state index < -0.39 is 0 Å². The van der Waals surface area contributed by atoms with Crippen molar-refractivity contribution in [1.82, 2.24) is 9.97 Å². The molecular formula is C15H12ClN3O. The number of nitrogens with two attached hydrogens (primary N) is 1. The summed E-state index contributed by atoms with van der Waals surface area (Å²) >= 11 is 5.89. The van der Waals surface area contributed by atoms with Gasteiger partial charge in [0.25, 0.3) is 5.56 Å². The Morgan fingerprint density at radius 3 is 2.60 bits per heavy atom. The minimum absolute atomic E-state index is 0.199. The minimum atomic E-state index is -0.199. The summed E-state index contributed by atoms with van der Waals surface area (Å²) in [4.78, 5) is 19.3. The molecule has 0 aliphatic rings. The molecule has 0 fully saturated rings. The number of aromatic nitrogens is 2. The zero-order chi connectivity index (χ0) is 14.1. The Hall–Kier alpha value is -2.17. The van der Waals surface area contributed by atoms with Gasteiger partial charge in [0.15, 0.2) is 0 Å². The Bertz CT molecular complexity index is 825. The number of benzene rings is 2. The second-order valence-corrected chi connectivity index (χ2v) is 4.91. The number of aromatic amines is 1. The Kier molecular flexibility index (Phi) is 3.26. The van der Waals surface area contributed by atoms with E-state index in [0.717, 1.165) is 11.1 Å². The fourth-order valence-corrected chi connectivity index (χ4v) is 2.22. The average molecular weight is 286 g/mol. The van der Waals surface area contributed by atoms with Crippen molar-refractivity contribution in [2.24, 2.45) is 5.73 Å². The van der Waals surface area contributed by atoms with Crippen LogP contribution in [0.3, 0.4) is 0 Å². The van der Waals surface area contributed by atoms with Gasteiger partial charge in [-0.15, -0.1) is 0 Å². The number of nitrogens with one attached hydrogen (secondary N) is 1. The van der Waals surface area contributed by atoms with Crippen molar-refractivity contribution in [3.63, 3.8) is 0 Å². The lowest BCUT2D eigenvalue weighted by Crippen LogP contribution is -2.09. The maximum atomic E-state index is 12.1. The van der Waals surface area contributed by atoms with E-state index >= 15 is 0 Å². The minimum Gasteiger partial charge on any atom is -0.326 e. The maximum absolute atomic E-state index is 12.1. The molecule has 4 nitrogen and oxygen atoms in total. The van der Waals surface area contributed by atoms with Crippen LogP contribution in [0.15, 0.2) is 47.3 Å². The summed E-state index contributed by atoms with van der Waals surface area (Å²) in [7, 11) is 0. The van der Waals surface area contributed by atoms with Crippen LogP contribution >= 0.6 is 11.6 Å². The maximum Gasteiger partial charge on any atom is 0.259 e. The van der Waals surface area contributed by atoms with E-state index in [1.54, 1.807) is 18.2 Å². The molecule has 5 heteroatoms. The van der Waals surface area contributed by atoms with Crippen molar-refractivity contribution < 1.29 is 0 Å². The highest BCUT2D eigenvalue weighted by Crippen LogP contribution is 2.19. The molecule has 1 heterocycles. The fourth-order valence-electron chi connectivity index (χ4n) is 2.05. The lowest BCUT2D eigenvalue weighted by Gasteiger charge is -2.04. The molecule has 0 bridgehead atoms. The number of nitrogens with zero attached hydrogens (tertiary/aromatic N) is 1. The van der Waals surface area contributed by atoms with Gasteiger partial charge < -0.3 is 10.7 Å². The van der Waals surface area contributed by atoms with Crippen LogP contribution in [0.4, 0.5) is 0 Å². The summed E-state index contributed by atoms with van der Waals surface area (Å²) in [6.07, 6.45) is 0. The third-order valence-corrected chi connectivity index (χ3v) is 3.37. The summed E-state index contributed by atoms with van der Waals surface area (Å²) in [5, 5.41) is 1.00. The lowest BCUT2D eigenvalue weighted by atomic mass is 10.1. The zero-order valence-corrected chi connectivity index (χ0v) is 11.3. The van der Waals surface area contributed by atoms with E-state index in [4.69, 9.17) is 17.3 Å². The fraction of sp³-hybridized carbons (Fsp3) is 0.0667. The van der Waals surface area contributed by atoms with Crippen LogP contribution in [0.5, 0.6) is 0 Å². The molecule has 0 spiro atoms. The molecule has 0 aliphatic carbocycles. The van der Waals surface area contributed by atoms with Crippen molar-refractivity contribution in [2.45, 2.75) is 6.54 Å². The molecule has 0 unspecified atom stereocenters. The number of hydrogen-bond acceptors (Lipinski definition) is 3. The lowest BCUT2D eigenvalue weighted by molar-refractivity contribution is 1.07. The van der Waals surface area contributed by atoms with Crippen LogP contribution in [-0.2, 0) is 6.54 Å². The molecule has 3 aromatic rings. The van der Waals surface area contributed by atoms with Gasteiger partial charge in [0.2, 0.25) is 0 Å². The van der Waals surface area contributed by atoms with Crippen LogP contribution in [0.25, 0.3) is 22.3 Å². The Morgan fingerprint density at radius 1 is 1.15 bits per heavy atom. The Labute approximate surface area is 120 Å². The van der Waals surface area contributed by atoms with Gasteiger partial charge in [-0.1, -0.05) is 35.9 Å². The summed E-state index contributed by atoms with van der Waals surface area (Å²) in [5.74, 6) is 0.536. The molecule has 1 aromatic heterocycles. The Morgan fingerprint density at radius 2 is 1.90 bits per heavy atom. The first-order valence-corrected chi connectivity index (χ1v) is 6.54. The third kappa shape index (κ3) is 2.31. The molecule has 0 atom stereocenters. The van der Waals surface area contributed by atoms with Crippen molar-refractivity contribution in [3.05, 3.63) is 63.4 Å². The highest BCUT2D eigenvalue weighted by molar-refractivity contribution is 6.31. The third-order valence-electron chi connectivity index (χ3n) is 3.13. The summed E-state index contributed by atoms with van der Waals surface area (Å²) in [6.45, 7) is 0.487. The molecule has 0 aliphatic heterocycles. The van der Waals surface area contributed by atoms with E-state index in [1.807, 2.05) is 24.3 Å². The van der Waals surface area contributed by atoms with E-state index in [2.05, 4.69) is 9.97 Å². The van der Waals surface area contributed by atoms with Crippen molar-refractivity contribution in [3.8, 4) is 11.4 Å². The molecule has 0 radical (unpaired) electrons. The van der Waals surface area contributed by atoms with Gasteiger partial charge in [-0.2, -0.15) is 0 Å². The van der Waals surface area contributed by atoms with E-state index in [-0.39, 0.29) is 5.56 Å². The summed E-state index contributed by atoms with van der Waals surface area (Å²) in [6, 6.07) is 12.7. The van der Waals surface area contributed by atoms with Crippen molar-refractivity contribution >= 4 is 22.5 Å². The second kappa shape index (κ2) is 5.07. The number of H-pyrrole nitrogens is 1. The molecule has 0 saturated heterocycles. The molecular weight excluding hydrogens is 274 g/mol. The highest BCUT2D eigenvalue weighted by Gasteiger charge is 2.06. The van der Waals surface area contributed by atoms with E-state index in [9.17, 15) is 4.79 Å². The van der Waals surface area contributed by atoms with Crippen LogP contribution in [-0.4, -0.2) is 9.97 Å². The second-order valence-electron chi connectivity index (χ2n) is 4.48. The number of halogens is 1. The molecule has 0 saturated carbocycles. The largest absolute Gasteiger partial charge is 0.326 e. The molecule has 0 amide bonds. The van der Waals surface area contributed by atoms with Gasteiger partial charge in [-0.25, -0.2) is 4.98 Å². The van der Waals surface area contributed by atoms with E-state index in [0.29, 0.717) is 28.3 Å². The summed E-state index contributed by atoms with van der Waals surface area (Å²) < 4.78 is 0. The molecule has 20 heavy (non-hydrogen) atoms. The van der Waals surface area contributed by atoms with Crippen LogP contribution in [0.1, 0.15) is 5.56 Å². The van der Waals surface area contributed by atoms with Crippen molar-refractivity contribution in [1.29, 1.82) is 0 Å². The number of hydrogen-bond donors (Lipinski definition) is 2. The molecule has 3 N–H and O–H groups in total. The Balaban J connectivity index is 2.16. The monoisotopic (exact) mass is 285 g/mol. The van der Waals surface area contributed by atoms with Gasteiger partial charge in [-0.3, -0.25) is 4.79 Å². The SMILES string of the molecule is NCc1ccc(-c2nc3ccc(Cl)cc3c(=O)[nH]2)cc1. The normalized spacial score (nSPS) is 10.9. The van der Waals surface area contributed by atoms with Gasteiger partial charge in [-0.05, 0) is 23.8 Å². The number of fused-ring (bicyclic) bond motifs is 1. The number of rotatable bonds is 2. The predicted octanol–water partition coefficient (Wildman–Crippen LogP) is 2.70. The highest BCUT2D eigenvalue weighted by atomic mass is 35.5. The first-order chi connectivity index (χ1) is 9.67. The molecule has 100 valence electrons. The van der Waals surface area contributed by atoms with Gasteiger partial charge >= 0.3 is 0 Å². The standard InChI is InChI=1S/C15H12ClN3O/c16-11-5-6-13-12(7-11)15(20)19-14(18-13)10-3-1-9(8-17)2-4-10/h1-7H,8,17H2,(H,18,19,20). The predicted molar refractivity (Wildman–Crippen MR) is 80.7 cm³/mol. The smallest absolute Gasteiger partial charge is 0.259 e. The van der Waals surface area contributed by atoms with Gasteiger partial charge in [0.1, 0.15) is 5.82 Å². The van der Waals surface area contributed by atoms with Gasteiger partial charge in [0, 0.05) is 17.1 Å². The van der Waals surface area contributed by atoms with Crippen LogP contribution < -0.4 is 11.3 Å². The zero-order valence-electron chi connectivity index (χ0n) is 10.6.